The van der Waals surface area contributed by atoms with Crippen LogP contribution in [0.4, 0.5) is 0 Å². The van der Waals surface area contributed by atoms with Gasteiger partial charge in [0.2, 0.25) is 0 Å². The summed E-state index contributed by atoms with van der Waals surface area (Å²) in [5, 5.41) is 0. The summed E-state index contributed by atoms with van der Waals surface area (Å²) in [6.45, 7) is -0.111. The lowest BCUT2D eigenvalue weighted by Gasteiger charge is -2.27. The molecule has 6 nitrogen and oxygen atoms in total. The van der Waals surface area contributed by atoms with Gasteiger partial charge in [-0.15, -0.1) is 0 Å². The van der Waals surface area contributed by atoms with Crippen LogP contribution in [0.15, 0.2) is 30.3 Å². The van der Waals surface area contributed by atoms with Crippen LogP contribution in [-0.4, -0.2) is 37.5 Å². The molecule has 1 heterocycles. The van der Waals surface area contributed by atoms with Crippen molar-refractivity contribution < 1.29 is 28.6 Å². The molecule has 0 bridgehead atoms. The zero-order valence-corrected chi connectivity index (χ0v) is 11.6. The maximum atomic E-state index is 12.1. The number of hydrogen-bond donors (Lipinski definition) is 0. The fraction of sp³-hybridized carbons (Fsp3) is 0.400. The van der Waals surface area contributed by atoms with Crippen molar-refractivity contribution in [2.75, 3.05) is 13.7 Å². The third-order valence-electron chi connectivity index (χ3n) is 3.20. The maximum Gasteiger partial charge on any atom is 0.335 e. The molecule has 1 saturated heterocycles. The first-order chi connectivity index (χ1) is 10.1. The summed E-state index contributed by atoms with van der Waals surface area (Å²) < 4.78 is 14.9. The average Bonchev–Trinajstić information content (AvgIpc) is 2.52. The number of benzene rings is 1. The van der Waals surface area contributed by atoms with Crippen molar-refractivity contribution in [3.63, 3.8) is 0 Å². The summed E-state index contributed by atoms with van der Waals surface area (Å²) in [7, 11) is 1.20. The highest BCUT2D eigenvalue weighted by molar-refractivity contribution is 5.91. The highest BCUT2D eigenvalue weighted by Gasteiger charge is 2.41. The van der Waals surface area contributed by atoms with Crippen LogP contribution in [0.5, 0.6) is 0 Å². The van der Waals surface area contributed by atoms with E-state index in [1.54, 1.807) is 0 Å². The van der Waals surface area contributed by atoms with E-state index in [0.717, 1.165) is 5.56 Å². The second-order valence-electron chi connectivity index (χ2n) is 4.70. The van der Waals surface area contributed by atoms with E-state index in [0.29, 0.717) is 0 Å². The smallest absolute Gasteiger partial charge is 0.335 e. The Bertz CT molecular complexity index is 524. The Labute approximate surface area is 122 Å². The second kappa shape index (κ2) is 6.99. The lowest BCUT2D eigenvalue weighted by Crippen LogP contribution is -2.45. The van der Waals surface area contributed by atoms with Crippen molar-refractivity contribution in [3.05, 3.63) is 35.9 Å². The summed E-state index contributed by atoms with van der Waals surface area (Å²) >= 11 is 0. The van der Waals surface area contributed by atoms with Crippen LogP contribution in [-0.2, 0) is 35.2 Å². The Morgan fingerprint density at radius 2 is 1.95 bits per heavy atom. The Morgan fingerprint density at radius 3 is 2.62 bits per heavy atom. The lowest BCUT2D eigenvalue weighted by molar-refractivity contribution is -0.176. The molecule has 0 aliphatic carbocycles. The molecule has 1 fully saturated rings. The van der Waals surface area contributed by atoms with Gasteiger partial charge in [-0.2, -0.15) is 0 Å². The number of carbonyl (C=O) groups is 3. The van der Waals surface area contributed by atoms with Gasteiger partial charge in [0.15, 0.2) is 11.9 Å². The van der Waals surface area contributed by atoms with E-state index in [1.807, 2.05) is 30.3 Å². The van der Waals surface area contributed by atoms with Crippen LogP contribution in [0.3, 0.4) is 0 Å². The van der Waals surface area contributed by atoms with Gasteiger partial charge in [-0.25, -0.2) is 4.79 Å². The Balaban J connectivity index is 2.00. The monoisotopic (exact) mass is 292 g/mol. The standard InChI is InChI=1S/C15H16O6/c1-19-15(18)13-12(7-11(16)9-20-13)14(17)21-8-10-5-3-2-4-6-10/h2-6,12-13H,7-9H2,1H3/t12-,13-/m0/s1. The number of esters is 2. The first kappa shape index (κ1) is 15.2. The second-order valence-corrected chi connectivity index (χ2v) is 4.70. The fourth-order valence-electron chi connectivity index (χ4n) is 2.10. The number of ether oxygens (including phenoxy) is 3. The van der Waals surface area contributed by atoms with Gasteiger partial charge in [-0.1, -0.05) is 30.3 Å². The van der Waals surface area contributed by atoms with E-state index in [1.165, 1.54) is 7.11 Å². The van der Waals surface area contributed by atoms with Gasteiger partial charge in [0.05, 0.1) is 7.11 Å². The SMILES string of the molecule is COC(=O)[C@H]1OCC(=O)C[C@@H]1C(=O)OCc1ccccc1. The zero-order chi connectivity index (χ0) is 15.2. The molecule has 1 aromatic carbocycles. The van der Waals surface area contributed by atoms with E-state index in [9.17, 15) is 14.4 Å². The van der Waals surface area contributed by atoms with Crippen molar-refractivity contribution in [3.8, 4) is 0 Å². The van der Waals surface area contributed by atoms with Gasteiger partial charge in [0.25, 0.3) is 0 Å². The zero-order valence-electron chi connectivity index (χ0n) is 11.6. The molecule has 2 atom stereocenters. The average molecular weight is 292 g/mol. The topological polar surface area (TPSA) is 78.9 Å². The highest BCUT2D eigenvalue weighted by Crippen LogP contribution is 2.22. The third-order valence-corrected chi connectivity index (χ3v) is 3.20. The molecule has 0 spiro atoms. The van der Waals surface area contributed by atoms with Crippen LogP contribution < -0.4 is 0 Å². The summed E-state index contributed by atoms with van der Waals surface area (Å²) in [6.07, 6.45) is -1.16. The predicted octanol–water partition coefficient (Wildman–Crippen LogP) is 0.877. The molecule has 0 saturated carbocycles. The Kier molecular flexibility index (Phi) is 5.05. The van der Waals surface area contributed by atoms with E-state index in [-0.39, 0.29) is 25.4 Å². The largest absolute Gasteiger partial charge is 0.467 e. The number of carbonyl (C=O) groups excluding carboxylic acids is 3. The summed E-state index contributed by atoms with van der Waals surface area (Å²) in [5.41, 5.74) is 0.823. The Hall–Kier alpha value is -2.21. The number of methoxy groups -OCH3 is 1. The van der Waals surface area contributed by atoms with Crippen molar-refractivity contribution >= 4 is 17.7 Å². The molecular formula is C15H16O6. The van der Waals surface area contributed by atoms with E-state index in [4.69, 9.17) is 9.47 Å². The maximum absolute atomic E-state index is 12.1. The van der Waals surface area contributed by atoms with Crippen LogP contribution in [0.1, 0.15) is 12.0 Å². The third kappa shape index (κ3) is 3.88. The molecule has 0 unspecified atom stereocenters. The van der Waals surface area contributed by atoms with E-state index in [2.05, 4.69) is 4.74 Å². The number of rotatable bonds is 4. The molecular weight excluding hydrogens is 276 g/mol. The minimum absolute atomic E-state index is 0.0760. The van der Waals surface area contributed by atoms with Gasteiger partial charge in [0.1, 0.15) is 19.1 Å². The predicted molar refractivity (Wildman–Crippen MR) is 71.1 cm³/mol. The molecule has 0 N–H and O–H groups in total. The van der Waals surface area contributed by atoms with Crippen LogP contribution >= 0.6 is 0 Å². The summed E-state index contributed by atoms with van der Waals surface area (Å²) in [4.78, 5) is 35.1. The molecule has 0 amide bonds. The quantitative estimate of drug-likeness (QED) is 0.766. The van der Waals surface area contributed by atoms with Crippen molar-refractivity contribution in [2.45, 2.75) is 19.1 Å². The van der Waals surface area contributed by atoms with Crippen molar-refractivity contribution in [1.29, 1.82) is 0 Å². The lowest BCUT2D eigenvalue weighted by atomic mass is 9.93. The number of ketones is 1. The first-order valence-corrected chi connectivity index (χ1v) is 6.53. The van der Waals surface area contributed by atoms with Crippen LogP contribution in [0, 0.1) is 5.92 Å². The molecule has 21 heavy (non-hydrogen) atoms. The normalized spacial score (nSPS) is 21.7. The minimum Gasteiger partial charge on any atom is -0.467 e. The highest BCUT2D eigenvalue weighted by atomic mass is 16.6. The number of Topliss-reactive ketones (excluding diaryl/α,β-unsaturated/α-hetero) is 1. The van der Waals surface area contributed by atoms with Crippen molar-refractivity contribution in [1.82, 2.24) is 0 Å². The van der Waals surface area contributed by atoms with Crippen LogP contribution in [0.25, 0.3) is 0 Å². The van der Waals surface area contributed by atoms with Gasteiger partial charge < -0.3 is 14.2 Å². The number of hydrogen-bond acceptors (Lipinski definition) is 6. The van der Waals surface area contributed by atoms with Crippen LogP contribution in [0.2, 0.25) is 0 Å². The van der Waals surface area contributed by atoms with Gasteiger partial charge in [0, 0.05) is 6.42 Å². The Morgan fingerprint density at radius 1 is 1.24 bits per heavy atom. The van der Waals surface area contributed by atoms with E-state index >= 15 is 0 Å². The molecule has 2 rings (SSSR count). The molecule has 6 heteroatoms. The molecule has 112 valence electrons. The fourth-order valence-corrected chi connectivity index (χ4v) is 2.10. The molecule has 1 aromatic rings. The van der Waals surface area contributed by atoms with Crippen molar-refractivity contribution in [2.24, 2.45) is 5.92 Å². The summed E-state index contributed by atoms with van der Waals surface area (Å²) in [6, 6.07) is 9.13. The first-order valence-electron chi connectivity index (χ1n) is 6.53. The molecule has 1 aliphatic heterocycles. The van der Waals surface area contributed by atoms with Gasteiger partial charge >= 0.3 is 11.9 Å². The minimum atomic E-state index is -1.09. The van der Waals surface area contributed by atoms with Gasteiger partial charge in [-0.05, 0) is 5.56 Å². The van der Waals surface area contributed by atoms with E-state index < -0.39 is 24.0 Å². The molecule has 0 radical (unpaired) electrons. The van der Waals surface area contributed by atoms with Gasteiger partial charge in [-0.3, -0.25) is 9.59 Å². The molecule has 0 aromatic heterocycles. The summed E-state index contributed by atoms with van der Waals surface area (Å²) in [5.74, 6) is -2.51. The molecule has 1 aliphatic rings.